The molecule has 1 aliphatic heterocycles. The van der Waals surface area contributed by atoms with Crippen LogP contribution in [0.4, 0.5) is 10.1 Å². The van der Waals surface area contributed by atoms with E-state index in [9.17, 15) is 9.18 Å². The van der Waals surface area contributed by atoms with E-state index in [4.69, 9.17) is 4.74 Å². The number of ether oxygens (including phenoxy) is 1. The van der Waals surface area contributed by atoms with Gasteiger partial charge in [0.15, 0.2) is 0 Å². The Kier molecular flexibility index (Phi) is 6.05. The van der Waals surface area contributed by atoms with Crippen LogP contribution in [0.3, 0.4) is 0 Å². The molecule has 2 aromatic heterocycles. The van der Waals surface area contributed by atoms with Gasteiger partial charge in [0.25, 0.3) is 0 Å². The van der Waals surface area contributed by atoms with Crippen molar-refractivity contribution in [2.45, 2.75) is 45.7 Å². The number of hydrogen-bond acceptors (Lipinski definition) is 5. The second kappa shape index (κ2) is 9.17. The third kappa shape index (κ3) is 3.96. The average Bonchev–Trinajstić information content (AvgIpc) is 3.41. The highest BCUT2D eigenvalue weighted by atomic mass is 19.1. The minimum Gasteiger partial charge on any atom is -0.494 e. The first-order valence-corrected chi connectivity index (χ1v) is 12.0. The van der Waals surface area contributed by atoms with Gasteiger partial charge in [0.2, 0.25) is 0 Å². The highest BCUT2D eigenvalue weighted by molar-refractivity contribution is 5.83. The number of nitrogens with zero attached hydrogens (tertiary/aromatic N) is 5. The molecule has 4 aromatic rings. The van der Waals surface area contributed by atoms with Gasteiger partial charge in [-0.25, -0.2) is 19.2 Å². The highest BCUT2D eigenvalue weighted by Gasteiger charge is 2.31. The summed E-state index contributed by atoms with van der Waals surface area (Å²) in [5.41, 5.74) is 4.79. The summed E-state index contributed by atoms with van der Waals surface area (Å²) in [5.74, 6) is 0.611. The van der Waals surface area contributed by atoms with Gasteiger partial charge in [-0.3, -0.25) is 9.13 Å². The molecule has 5 rings (SSSR count). The molecule has 3 heterocycles. The number of para-hydroxylation sites is 2. The van der Waals surface area contributed by atoms with E-state index in [-0.39, 0.29) is 23.5 Å². The Hall–Kier alpha value is -3.68. The van der Waals surface area contributed by atoms with Gasteiger partial charge in [0, 0.05) is 24.8 Å². The number of rotatable bonds is 6. The Morgan fingerprint density at radius 3 is 2.74 bits per heavy atom. The van der Waals surface area contributed by atoms with Crippen LogP contribution in [0.1, 0.15) is 49.0 Å². The Labute approximate surface area is 203 Å². The number of fused-ring (bicyclic) bond motifs is 1. The molecule has 0 radical (unpaired) electrons. The monoisotopic (exact) mass is 475 g/mol. The lowest BCUT2D eigenvalue weighted by Gasteiger charge is -2.21. The Morgan fingerprint density at radius 1 is 1.20 bits per heavy atom. The van der Waals surface area contributed by atoms with Crippen molar-refractivity contribution in [1.29, 1.82) is 0 Å². The smallest absolute Gasteiger partial charge is 0.329 e. The Balaban J connectivity index is 1.61. The molecule has 0 bridgehead atoms. The maximum absolute atomic E-state index is 14.7. The second-order valence-corrected chi connectivity index (χ2v) is 9.45. The summed E-state index contributed by atoms with van der Waals surface area (Å²) in [6.07, 6.45) is 4.07. The van der Waals surface area contributed by atoms with Crippen LogP contribution in [0.2, 0.25) is 0 Å². The van der Waals surface area contributed by atoms with E-state index >= 15 is 0 Å². The number of aryl methyl sites for hydroxylation is 1. The molecule has 1 atom stereocenters. The molecule has 8 heteroatoms. The molecule has 1 saturated heterocycles. The van der Waals surface area contributed by atoms with Crippen molar-refractivity contribution in [3.8, 4) is 5.75 Å². The molecule has 1 unspecified atom stereocenters. The number of halogens is 1. The molecule has 0 N–H and O–H groups in total. The lowest BCUT2D eigenvalue weighted by Crippen LogP contribution is -2.30. The summed E-state index contributed by atoms with van der Waals surface area (Å²) in [4.78, 5) is 24.7. The van der Waals surface area contributed by atoms with Gasteiger partial charge in [-0.15, -0.1) is 0 Å². The Bertz CT molecular complexity index is 1420. The highest BCUT2D eigenvalue weighted by Crippen LogP contribution is 2.34. The van der Waals surface area contributed by atoms with Crippen LogP contribution in [0.25, 0.3) is 11.0 Å². The van der Waals surface area contributed by atoms with Crippen molar-refractivity contribution in [2.24, 2.45) is 0 Å². The van der Waals surface area contributed by atoms with Crippen LogP contribution < -0.4 is 15.3 Å². The summed E-state index contributed by atoms with van der Waals surface area (Å²) in [5, 5.41) is 0. The zero-order valence-electron chi connectivity index (χ0n) is 20.5. The van der Waals surface area contributed by atoms with Crippen LogP contribution in [0, 0.1) is 12.7 Å². The molecule has 0 amide bonds. The summed E-state index contributed by atoms with van der Waals surface area (Å²) in [6, 6.07) is 10.8. The van der Waals surface area contributed by atoms with Crippen LogP contribution in [0.15, 0.2) is 53.7 Å². The molecule has 1 aliphatic rings. The van der Waals surface area contributed by atoms with E-state index in [0.717, 1.165) is 34.3 Å². The second-order valence-electron chi connectivity index (χ2n) is 9.45. The van der Waals surface area contributed by atoms with Gasteiger partial charge in [-0.05, 0) is 43.0 Å². The van der Waals surface area contributed by atoms with Crippen molar-refractivity contribution >= 4 is 16.7 Å². The van der Waals surface area contributed by atoms with Gasteiger partial charge in [0.05, 0.1) is 36.6 Å². The van der Waals surface area contributed by atoms with E-state index < -0.39 is 0 Å². The first-order valence-electron chi connectivity index (χ1n) is 12.0. The van der Waals surface area contributed by atoms with E-state index in [1.165, 1.54) is 6.07 Å². The van der Waals surface area contributed by atoms with Gasteiger partial charge in [-0.1, -0.05) is 32.0 Å². The predicted octanol–water partition coefficient (Wildman–Crippen LogP) is 4.67. The van der Waals surface area contributed by atoms with Crippen molar-refractivity contribution < 1.29 is 9.13 Å². The predicted molar refractivity (Wildman–Crippen MR) is 135 cm³/mol. The molecule has 182 valence electrons. The summed E-state index contributed by atoms with van der Waals surface area (Å²) >= 11 is 0. The SMILES string of the molecule is COc1cccc2c1n(Cc1cncnc1C(C)C)c(=O)n2C1CCN(c2c(C)cccc2F)C1. The van der Waals surface area contributed by atoms with E-state index in [1.54, 1.807) is 30.3 Å². The summed E-state index contributed by atoms with van der Waals surface area (Å²) < 4.78 is 24.0. The minimum atomic E-state index is -0.229. The average molecular weight is 476 g/mol. The molecule has 35 heavy (non-hydrogen) atoms. The largest absolute Gasteiger partial charge is 0.494 e. The number of benzene rings is 2. The normalized spacial score (nSPS) is 15.9. The molecule has 0 saturated carbocycles. The molecule has 1 fully saturated rings. The van der Waals surface area contributed by atoms with Crippen LogP contribution in [-0.2, 0) is 6.54 Å². The first-order chi connectivity index (χ1) is 16.9. The van der Waals surface area contributed by atoms with Crippen molar-refractivity contribution in [2.75, 3.05) is 25.1 Å². The summed E-state index contributed by atoms with van der Waals surface area (Å²) in [6.45, 7) is 7.67. The van der Waals surface area contributed by atoms with Crippen molar-refractivity contribution in [3.63, 3.8) is 0 Å². The number of methoxy groups -OCH3 is 1. The molecule has 0 aliphatic carbocycles. The minimum absolute atomic E-state index is 0.0889. The molecule has 7 nitrogen and oxygen atoms in total. The zero-order chi connectivity index (χ0) is 24.7. The quantitative estimate of drug-likeness (QED) is 0.405. The summed E-state index contributed by atoms with van der Waals surface area (Å²) in [7, 11) is 1.62. The van der Waals surface area contributed by atoms with Crippen LogP contribution in [0.5, 0.6) is 5.75 Å². The maximum Gasteiger partial charge on any atom is 0.329 e. The topological polar surface area (TPSA) is 65.2 Å². The first kappa shape index (κ1) is 23.1. The fourth-order valence-corrected chi connectivity index (χ4v) is 5.33. The third-order valence-electron chi connectivity index (χ3n) is 6.90. The van der Waals surface area contributed by atoms with E-state index in [0.29, 0.717) is 31.1 Å². The van der Waals surface area contributed by atoms with E-state index in [2.05, 4.69) is 23.8 Å². The molecular weight excluding hydrogens is 445 g/mol. The van der Waals surface area contributed by atoms with Crippen molar-refractivity contribution in [1.82, 2.24) is 19.1 Å². The molecule has 2 aromatic carbocycles. The third-order valence-corrected chi connectivity index (χ3v) is 6.90. The number of aromatic nitrogens is 4. The van der Waals surface area contributed by atoms with Crippen LogP contribution >= 0.6 is 0 Å². The Morgan fingerprint density at radius 2 is 2.00 bits per heavy atom. The van der Waals surface area contributed by atoms with Crippen molar-refractivity contribution in [3.05, 3.63) is 82.0 Å². The van der Waals surface area contributed by atoms with Gasteiger partial charge in [0.1, 0.15) is 23.4 Å². The zero-order valence-corrected chi connectivity index (χ0v) is 20.5. The standard InChI is InChI=1S/C27H30FN5O2/c1-17(2)24-19(13-29-16-30-24)14-32-26-22(9-6-10-23(26)35-4)33(27(32)34)20-11-12-31(15-20)25-18(3)7-5-8-21(25)28/h5-10,13,16-17,20H,11-12,14-15H2,1-4H3. The van der Waals surface area contributed by atoms with Gasteiger partial charge in [-0.2, -0.15) is 0 Å². The lowest BCUT2D eigenvalue weighted by molar-refractivity contribution is 0.417. The van der Waals surface area contributed by atoms with Gasteiger partial charge < -0.3 is 9.64 Å². The van der Waals surface area contributed by atoms with E-state index in [1.807, 2.05) is 40.7 Å². The number of hydrogen-bond donors (Lipinski definition) is 0. The number of imidazole rings is 1. The molecule has 0 spiro atoms. The molecular formula is C27H30FN5O2. The fraction of sp³-hybridized carbons (Fsp3) is 0.370. The maximum atomic E-state index is 14.7. The lowest BCUT2D eigenvalue weighted by atomic mass is 10.1. The number of anilines is 1. The fourth-order valence-electron chi connectivity index (χ4n) is 5.33. The van der Waals surface area contributed by atoms with Gasteiger partial charge >= 0.3 is 5.69 Å². The van der Waals surface area contributed by atoms with Crippen LogP contribution in [-0.4, -0.2) is 39.3 Å².